The van der Waals surface area contributed by atoms with Crippen LogP contribution >= 0.6 is 0 Å². The van der Waals surface area contributed by atoms with E-state index >= 15 is 0 Å². The Kier molecular flexibility index (Phi) is 5.57. The minimum atomic E-state index is 0.120. The summed E-state index contributed by atoms with van der Waals surface area (Å²) in [5.74, 6) is 1.59. The van der Waals surface area contributed by atoms with E-state index in [2.05, 4.69) is 17.0 Å². The molecule has 2 fully saturated rings. The topological polar surface area (TPSA) is 30.9 Å². The van der Waals surface area contributed by atoms with Gasteiger partial charge in [0.25, 0.3) is 0 Å². The Morgan fingerprint density at radius 3 is 2.57 bits per heavy atom. The number of rotatable bonds is 6. The summed E-state index contributed by atoms with van der Waals surface area (Å²) < 4.78 is 16.7. The van der Waals surface area contributed by atoms with Crippen molar-refractivity contribution in [1.29, 1.82) is 0 Å². The second-order valence-electron chi connectivity index (χ2n) is 6.80. The number of likely N-dealkylation sites (tertiary alicyclic amines) is 1. The summed E-state index contributed by atoms with van der Waals surface area (Å²) in [4.78, 5) is 2.54. The van der Waals surface area contributed by atoms with Gasteiger partial charge in [0.1, 0.15) is 5.75 Å². The fourth-order valence-electron chi connectivity index (χ4n) is 4.08. The van der Waals surface area contributed by atoms with E-state index in [1.807, 2.05) is 12.1 Å². The maximum atomic E-state index is 6.22. The van der Waals surface area contributed by atoms with Gasteiger partial charge in [0.15, 0.2) is 0 Å². The summed E-state index contributed by atoms with van der Waals surface area (Å²) in [5.41, 5.74) is 1.47. The molecule has 128 valence electrons. The number of hydrogen-bond acceptors (Lipinski definition) is 4. The first-order chi connectivity index (χ1) is 11.3. The van der Waals surface area contributed by atoms with Crippen LogP contribution in [0.1, 0.15) is 31.2 Å². The van der Waals surface area contributed by atoms with E-state index < -0.39 is 0 Å². The van der Waals surface area contributed by atoms with Crippen molar-refractivity contribution in [2.45, 2.75) is 37.8 Å². The molecule has 3 rings (SSSR count). The van der Waals surface area contributed by atoms with Gasteiger partial charge in [-0.3, -0.25) is 4.90 Å². The molecule has 1 aromatic rings. The zero-order valence-corrected chi connectivity index (χ0v) is 14.4. The molecule has 0 aliphatic carbocycles. The summed E-state index contributed by atoms with van der Waals surface area (Å²) >= 11 is 0. The largest absolute Gasteiger partial charge is 0.497 e. The van der Waals surface area contributed by atoms with Gasteiger partial charge < -0.3 is 14.2 Å². The Bertz CT molecular complexity index is 480. The van der Waals surface area contributed by atoms with Crippen LogP contribution < -0.4 is 4.74 Å². The first-order valence-corrected chi connectivity index (χ1v) is 8.74. The average Bonchev–Trinajstić information content (AvgIpc) is 2.98. The van der Waals surface area contributed by atoms with Crippen molar-refractivity contribution in [3.8, 4) is 5.75 Å². The van der Waals surface area contributed by atoms with Crippen LogP contribution in [0, 0.1) is 5.92 Å². The summed E-state index contributed by atoms with van der Waals surface area (Å²) in [7, 11) is 3.50. The smallest absolute Gasteiger partial charge is 0.118 e. The van der Waals surface area contributed by atoms with Crippen molar-refractivity contribution in [3.63, 3.8) is 0 Å². The molecule has 1 atom stereocenters. The Morgan fingerprint density at radius 2 is 1.91 bits per heavy atom. The van der Waals surface area contributed by atoms with Crippen molar-refractivity contribution in [2.75, 3.05) is 40.5 Å². The van der Waals surface area contributed by atoms with Crippen LogP contribution in [-0.2, 0) is 16.0 Å². The Balaban J connectivity index is 1.53. The molecule has 2 saturated heterocycles. The molecule has 0 bridgehead atoms. The third-order valence-corrected chi connectivity index (χ3v) is 5.54. The van der Waals surface area contributed by atoms with Crippen LogP contribution in [-0.4, -0.2) is 51.0 Å². The highest BCUT2D eigenvalue weighted by Crippen LogP contribution is 2.42. The molecule has 0 unspecified atom stereocenters. The van der Waals surface area contributed by atoms with Gasteiger partial charge in [-0.1, -0.05) is 12.1 Å². The van der Waals surface area contributed by atoms with E-state index in [4.69, 9.17) is 14.2 Å². The highest BCUT2D eigenvalue weighted by Gasteiger charge is 2.45. The number of hydrogen-bond donors (Lipinski definition) is 0. The molecule has 2 aliphatic rings. The third kappa shape index (κ3) is 3.87. The molecule has 1 aromatic carbocycles. The number of methoxy groups -OCH3 is 2. The Labute approximate surface area is 139 Å². The molecule has 1 spiro atoms. The predicted octanol–water partition coefficient (Wildman–Crippen LogP) is 3.10. The van der Waals surface area contributed by atoms with Crippen molar-refractivity contribution < 1.29 is 14.2 Å². The van der Waals surface area contributed by atoms with Gasteiger partial charge in [-0.2, -0.15) is 0 Å². The maximum absolute atomic E-state index is 6.22. The molecule has 2 heterocycles. The zero-order chi connectivity index (χ0) is 16.1. The van der Waals surface area contributed by atoms with Crippen LogP contribution in [0.15, 0.2) is 24.3 Å². The van der Waals surface area contributed by atoms with Crippen molar-refractivity contribution >= 4 is 0 Å². The molecule has 23 heavy (non-hydrogen) atoms. The molecule has 0 N–H and O–H groups in total. The van der Waals surface area contributed by atoms with E-state index in [1.165, 1.54) is 12.0 Å². The van der Waals surface area contributed by atoms with E-state index in [1.54, 1.807) is 14.2 Å². The molecule has 0 aromatic heterocycles. The number of ether oxygens (including phenoxy) is 3. The van der Waals surface area contributed by atoms with Gasteiger partial charge in [-0.05, 0) is 49.3 Å². The normalized spacial score (nSPS) is 24.2. The first-order valence-electron chi connectivity index (χ1n) is 8.74. The monoisotopic (exact) mass is 319 g/mol. The van der Waals surface area contributed by atoms with Crippen LogP contribution in [0.5, 0.6) is 5.75 Å². The van der Waals surface area contributed by atoms with Gasteiger partial charge in [0, 0.05) is 40.0 Å². The second-order valence-corrected chi connectivity index (χ2v) is 6.80. The molecule has 2 aliphatic heterocycles. The van der Waals surface area contributed by atoms with Crippen molar-refractivity contribution in [1.82, 2.24) is 4.90 Å². The van der Waals surface area contributed by atoms with Crippen LogP contribution in [0.2, 0.25) is 0 Å². The lowest BCUT2D eigenvalue weighted by atomic mass is 9.78. The molecule has 4 heteroatoms. The highest BCUT2D eigenvalue weighted by molar-refractivity contribution is 5.27. The standard InChI is InChI=1S/C19H29NO3/c1-21-13-7-17-8-14-23-19(17)9-11-20(12-10-19)15-16-3-5-18(22-2)6-4-16/h3-6,17H,7-15H2,1-2H3/t17-/m0/s1. The van der Waals surface area contributed by atoms with Gasteiger partial charge in [-0.15, -0.1) is 0 Å². The highest BCUT2D eigenvalue weighted by atomic mass is 16.5. The van der Waals surface area contributed by atoms with Gasteiger partial charge in [-0.25, -0.2) is 0 Å². The summed E-state index contributed by atoms with van der Waals surface area (Å²) in [5, 5.41) is 0. The maximum Gasteiger partial charge on any atom is 0.118 e. The molecular formula is C19H29NO3. The van der Waals surface area contributed by atoms with E-state index in [9.17, 15) is 0 Å². The molecule has 0 saturated carbocycles. The lowest BCUT2D eigenvalue weighted by Crippen LogP contribution is -2.47. The average molecular weight is 319 g/mol. The van der Waals surface area contributed by atoms with Crippen molar-refractivity contribution in [3.05, 3.63) is 29.8 Å². The van der Waals surface area contributed by atoms with Crippen molar-refractivity contribution in [2.24, 2.45) is 5.92 Å². The number of piperidine rings is 1. The van der Waals surface area contributed by atoms with Gasteiger partial charge in [0.2, 0.25) is 0 Å². The van der Waals surface area contributed by atoms with Crippen LogP contribution in [0.4, 0.5) is 0 Å². The molecule has 0 radical (unpaired) electrons. The van der Waals surface area contributed by atoms with Crippen LogP contribution in [0.3, 0.4) is 0 Å². The van der Waals surface area contributed by atoms with Gasteiger partial charge in [0.05, 0.1) is 12.7 Å². The van der Waals surface area contributed by atoms with E-state index in [-0.39, 0.29) is 5.60 Å². The second kappa shape index (κ2) is 7.65. The summed E-state index contributed by atoms with van der Waals surface area (Å²) in [6.45, 7) is 5.03. The molecular weight excluding hydrogens is 290 g/mol. The summed E-state index contributed by atoms with van der Waals surface area (Å²) in [6, 6.07) is 8.41. The van der Waals surface area contributed by atoms with Gasteiger partial charge >= 0.3 is 0 Å². The lowest BCUT2D eigenvalue weighted by molar-refractivity contribution is -0.0721. The fourth-order valence-corrected chi connectivity index (χ4v) is 4.08. The third-order valence-electron chi connectivity index (χ3n) is 5.54. The minimum Gasteiger partial charge on any atom is -0.497 e. The SMILES string of the molecule is COCC[C@H]1CCOC12CCN(Cc1ccc(OC)cc1)CC2. The molecule has 4 nitrogen and oxygen atoms in total. The quantitative estimate of drug-likeness (QED) is 0.806. The first kappa shape index (κ1) is 16.7. The van der Waals surface area contributed by atoms with Crippen LogP contribution in [0.25, 0.3) is 0 Å². The number of nitrogens with zero attached hydrogens (tertiary/aromatic N) is 1. The Hall–Kier alpha value is -1.10. The summed E-state index contributed by atoms with van der Waals surface area (Å²) in [6.07, 6.45) is 4.63. The minimum absolute atomic E-state index is 0.120. The fraction of sp³-hybridized carbons (Fsp3) is 0.684. The molecule has 0 amide bonds. The van der Waals surface area contributed by atoms with E-state index in [0.717, 1.165) is 57.9 Å². The van der Waals surface area contributed by atoms with E-state index in [0.29, 0.717) is 5.92 Å². The lowest BCUT2D eigenvalue weighted by Gasteiger charge is -2.42. The zero-order valence-electron chi connectivity index (χ0n) is 14.4. The Morgan fingerprint density at radius 1 is 1.17 bits per heavy atom. The predicted molar refractivity (Wildman–Crippen MR) is 90.8 cm³/mol. The number of benzene rings is 1.